The number of hydrogen-bond acceptors (Lipinski definition) is 8. The average Bonchev–Trinajstić information content (AvgIpc) is 3.41. The Hall–Kier alpha value is -3.14. The van der Waals surface area contributed by atoms with Gasteiger partial charge < -0.3 is 24.2 Å². The largest absolute Gasteiger partial charge is 0.380 e. The third-order valence-corrected chi connectivity index (χ3v) is 9.11. The van der Waals surface area contributed by atoms with E-state index in [1.54, 1.807) is 12.4 Å². The highest BCUT2D eigenvalue weighted by Crippen LogP contribution is 2.50. The highest BCUT2D eigenvalue weighted by molar-refractivity contribution is 5.79. The maximum Gasteiger partial charge on any atom is 0.230 e. The molecule has 3 saturated heterocycles. The maximum absolute atomic E-state index is 12.6. The van der Waals surface area contributed by atoms with E-state index in [4.69, 9.17) is 14.2 Å². The van der Waals surface area contributed by atoms with Crippen LogP contribution in [0.5, 0.6) is 0 Å². The quantitative estimate of drug-likeness (QED) is 0.478. The Morgan fingerprint density at radius 2 is 1.80 bits per heavy atom. The number of likely N-dealkylation sites (tertiary alicyclic amines) is 2. The lowest BCUT2D eigenvalue weighted by atomic mass is 9.62. The standard InChI is InChI=1S/C31H39N5O4/c1-20(2)21-5-7-25(8-6-21)31(38,30(3)18-35(4)19-30)26-13-23(14-32-15-26)27-33-28(40-34-27)22-9-11-36(12-10-22)29(37)24-16-39-17-24/h5-8,13-15,20,22,24,38H,9-12,16-19H2,1-4H3. The Morgan fingerprint density at radius 3 is 2.40 bits per heavy atom. The van der Waals surface area contributed by atoms with Crippen LogP contribution in [-0.2, 0) is 15.1 Å². The fourth-order valence-electron chi connectivity index (χ4n) is 6.61. The van der Waals surface area contributed by atoms with E-state index in [2.05, 4.69) is 55.0 Å². The monoisotopic (exact) mass is 545 g/mol. The lowest BCUT2D eigenvalue weighted by molar-refractivity contribution is -0.151. The molecule has 40 heavy (non-hydrogen) atoms. The first kappa shape index (κ1) is 27.1. The molecule has 1 unspecified atom stereocenters. The van der Waals surface area contributed by atoms with Crippen LogP contribution in [0.3, 0.4) is 0 Å². The predicted octanol–water partition coefficient (Wildman–Crippen LogP) is 3.80. The highest BCUT2D eigenvalue weighted by Gasteiger charge is 2.55. The number of ether oxygens (including phenoxy) is 1. The Kier molecular flexibility index (Phi) is 7.01. The number of aromatic nitrogens is 3. The van der Waals surface area contributed by atoms with Crippen molar-refractivity contribution >= 4 is 5.91 Å². The minimum absolute atomic E-state index is 0.0146. The van der Waals surface area contributed by atoms with Gasteiger partial charge in [0.05, 0.1) is 19.1 Å². The zero-order chi connectivity index (χ0) is 28.1. The molecule has 1 atom stereocenters. The highest BCUT2D eigenvalue weighted by atomic mass is 16.5. The van der Waals surface area contributed by atoms with Crippen molar-refractivity contribution in [2.24, 2.45) is 11.3 Å². The molecule has 0 aliphatic carbocycles. The van der Waals surface area contributed by atoms with Gasteiger partial charge in [0.25, 0.3) is 0 Å². The van der Waals surface area contributed by atoms with E-state index in [1.165, 1.54) is 5.56 Å². The molecule has 3 aromatic rings. The van der Waals surface area contributed by atoms with Gasteiger partial charge >= 0.3 is 0 Å². The molecule has 9 heteroatoms. The zero-order valence-electron chi connectivity index (χ0n) is 23.8. The molecule has 3 aliphatic rings. The summed E-state index contributed by atoms with van der Waals surface area (Å²) in [6.07, 6.45) is 5.05. The molecule has 3 aliphatic heterocycles. The number of pyridine rings is 1. The van der Waals surface area contributed by atoms with Crippen molar-refractivity contribution in [3.05, 3.63) is 65.3 Å². The number of benzene rings is 1. The van der Waals surface area contributed by atoms with E-state index < -0.39 is 5.60 Å². The number of amides is 1. The first-order valence-corrected chi connectivity index (χ1v) is 14.4. The molecule has 3 fully saturated rings. The smallest absolute Gasteiger partial charge is 0.230 e. The Morgan fingerprint density at radius 1 is 1.10 bits per heavy atom. The van der Waals surface area contributed by atoms with Gasteiger partial charge in [0.2, 0.25) is 17.6 Å². The first-order chi connectivity index (χ1) is 19.2. The molecule has 1 N–H and O–H groups in total. The molecular weight excluding hydrogens is 506 g/mol. The van der Waals surface area contributed by atoms with E-state index in [1.807, 2.05) is 23.1 Å². The van der Waals surface area contributed by atoms with Crippen LogP contribution in [0.25, 0.3) is 11.4 Å². The summed E-state index contributed by atoms with van der Waals surface area (Å²) in [7, 11) is 2.07. The number of carbonyl (C=O) groups excluding carboxylic acids is 1. The second-order valence-electron chi connectivity index (χ2n) is 12.5. The molecule has 2 aromatic heterocycles. The van der Waals surface area contributed by atoms with Gasteiger partial charge in [-0.15, -0.1) is 0 Å². The molecule has 1 aromatic carbocycles. The number of aliphatic hydroxyl groups is 1. The molecule has 0 spiro atoms. The van der Waals surface area contributed by atoms with Gasteiger partial charge in [0, 0.05) is 61.0 Å². The molecular formula is C31H39N5O4. The molecule has 212 valence electrons. The number of piperidine rings is 1. The van der Waals surface area contributed by atoms with Crippen molar-refractivity contribution in [1.29, 1.82) is 0 Å². The van der Waals surface area contributed by atoms with Gasteiger partial charge in [0.15, 0.2) is 0 Å². The van der Waals surface area contributed by atoms with E-state index >= 15 is 0 Å². The third-order valence-electron chi connectivity index (χ3n) is 9.11. The minimum Gasteiger partial charge on any atom is -0.380 e. The van der Waals surface area contributed by atoms with E-state index in [0.29, 0.717) is 49.5 Å². The van der Waals surface area contributed by atoms with Crippen molar-refractivity contribution in [2.75, 3.05) is 46.4 Å². The Balaban J connectivity index is 1.24. The van der Waals surface area contributed by atoms with E-state index in [9.17, 15) is 9.90 Å². The van der Waals surface area contributed by atoms with Crippen LogP contribution in [0.15, 0.2) is 47.2 Å². The van der Waals surface area contributed by atoms with Crippen LogP contribution in [0, 0.1) is 11.3 Å². The Bertz CT molecular complexity index is 1350. The summed E-state index contributed by atoms with van der Waals surface area (Å²) in [6.45, 7) is 10.4. The van der Waals surface area contributed by atoms with Crippen LogP contribution in [0.1, 0.15) is 68.0 Å². The third kappa shape index (κ3) is 4.63. The van der Waals surface area contributed by atoms with Crippen LogP contribution >= 0.6 is 0 Å². The molecule has 6 rings (SSSR count). The fourth-order valence-corrected chi connectivity index (χ4v) is 6.61. The maximum atomic E-state index is 12.6. The van der Waals surface area contributed by atoms with Gasteiger partial charge in [-0.3, -0.25) is 9.78 Å². The average molecular weight is 546 g/mol. The normalized spacial score (nSPS) is 21.6. The summed E-state index contributed by atoms with van der Waals surface area (Å²) in [6, 6.07) is 10.3. The van der Waals surface area contributed by atoms with E-state index in [0.717, 1.165) is 37.1 Å². The minimum atomic E-state index is -1.24. The van der Waals surface area contributed by atoms with Crippen molar-refractivity contribution in [3.8, 4) is 11.4 Å². The summed E-state index contributed by atoms with van der Waals surface area (Å²) in [5, 5.41) is 16.8. The number of hydrogen-bond donors (Lipinski definition) is 1. The Labute approximate surface area is 235 Å². The molecule has 1 amide bonds. The molecule has 0 radical (unpaired) electrons. The lowest BCUT2D eigenvalue weighted by Crippen LogP contribution is -2.63. The number of nitrogens with zero attached hydrogens (tertiary/aromatic N) is 5. The molecule has 9 nitrogen and oxygen atoms in total. The van der Waals surface area contributed by atoms with Gasteiger partial charge in [-0.1, -0.05) is 50.2 Å². The second kappa shape index (κ2) is 10.4. The zero-order valence-corrected chi connectivity index (χ0v) is 23.8. The number of rotatable bonds is 7. The molecule has 0 saturated carbocycles. The summed E-state index contributed by atoms with van der Waals surface area (Å²) in [4.78, 5) is 26.0. The van der Waals surface area contributed by atoms with Crippen molar-refractivity contribution in [1.82, 2.24) is 24.9 Å². The van der Waals surface area contributed by atoms with Crippen LogP contribution in [0.4, 0.5) is 0 Å². The van der Waals surface area contributed by atoms with E-state index in [-0.39, 0.29) is 23.2 Å². The topological polar surface area (TPSA) is 105 Å². The summed E-state index contributed by atoms with van der Waals surface area (Å²) in [5.41, 5.74) is 1.89. The van der Waals surface area contributed by atoms with Gasteiger partial charge in [-0.05, 0) is 43.0 Å². The second-order valence-corrected chi connectivity index (χ2v) is 12.5. The van der Waals surface area contributed by atoms with Crippen molar-refractivity contribution in [2.45, 2.75) is 51.0 Å². The van der Waals surface area contributed by atoms with Gasteiger partial charge in [0.1, 0.15) is 5.60 Å². The summed E-state index contributed by atoms with van der Waals surface area (Å²) >= 11 is 0. The predicted molar refractivity (Wildman–Crippen MR) is 150 cm³/mol. The van der Waals surface area contributed by atoms with Crippen molar-refractivity contribution in [3.63, 3.8) is 0 Å². The SMILES string of the molecule is CC(C)c1ccc(C(O)(c2cncc(-c3noc(C4CCN(C(=O)C5COC5)CC4)n3)c2)C2(C)CN(C)C2)cc1. The van der Waals surface area contributed by atoms with Gasteiger partial charge in [-0.2, -0.15) is 4.98 Å². The van der Waals surface area contributed by atoms with Crippen LogP contribution in [-0.4, -0.2) is 82.4 Å². The lowest BCUT2D eigenvalue weighted by Gasteiger charge is -2.55. The van der Waals surface area contributed by atoms with Crippen LogP contribution in [0.2, 0.25) is 0 Å². The first-order valence-electron chi connectivity index (χ1n) is 14.4. The van der Waals surface area contributed by atoms with Crippen molar-refractivity contribution < 1.29 is 19.2 Å². The molecule has 0 bridgehead atoms. The van der Waals surface area contributed by atoms with Gasteiger partial charge in [-0.25, -0.2) is 0 Å². The number of carbonyl (C=O) groups is 1. The van der Waals surface area contributed by atoms with Crippen LogP contribution < -0.4 is 0 Å². The fraction of sp³-hybridized carbons (Fsp3) is 0.548. The summed E-state index contributed by atoms with van der Waals surface area (Å²) < 4.78 is 10.9. The summed E-state index contributed by atoms with van der Waals surface area (Å²) in [5.74, 6) is 1.78. The molecule has 5 heterocycles.